The van der Waals surface area contributed by atoms with Crippen LogP contribution in [-0.2, 0) is 0 Å². The molecule has 58 valence electrons. The first-order valence-corrected chi connectivity index (χ1v) is 3.00. The summed E-state index contributed by atoms with van der Waals surface area (Å²) in [6, 6.07) is 4.79. The number of hydrogen-bond donors (Lipinski definition) is 4. The predicted molar refractivity (Wildman–Crippen MR) is 37.4 cm³/mol. The highest BCUT2D eigenvalue weighted by Gasteiger charge is 1.85. The SMILES string of the molecule is CC(O)NC#CNC(C)O. The maximum absolute atomic E-state index is 8.61. The minimum Gasteiger partial charge on any atom is -0.374 e. The summed E-state index contributed by atoms with van der Waals surface area (Å²) in [7, 11) is 0. The van der Waals surface area contributed by atoms with Gasteiger partial charge in [-0.05, 0) is 13.8 Å². The molecule has 0 heterocycles. The van der Waals surface area contributed by atoms with E-state index in [1.807, 2.05) is 0 Å². The van der Waals surface area contributed by atoms with E-state index in [0.29, 0.717) is 0 Å². The fourth-order valence-electron chi connectivity index (χ4n) is 0.281. The second kappa shape index (κ2) is 4.91. The van der Waals surface area contributed by atoms with Crippen molar-refractivity contribution in [3.8, 4) is 12.1 Å². The molecule has 0 aliphatic carbocycles. The molecule has 0 amide bonds. The lowest BCUT2D eigenvalue weighted by molar-refractivity contribution is 0.173. The van der Waals surface area contributed by atoms with Gasteiger partial charge in [0, 0.05) is 12.1 Å². The molecule has 0 aliphatic rings. The van der Waals surface area contributed by atoms with Crippen molar-refractivity contribution < 1.29 is 10.2 Å². The number of nitrogens with one attached hydrogen (secondary N) is 2. The second-order valence-electron chi connectivity index (χ2n) is 1.89. The lowest BCUT2D eigenvalue weighted by atomic mass is 10.6. The molecule has 2 unspecified atom stereocenters. The molecule has 4 nitrogen and oxygen atoms in total. The van der Waals surface area contributed by atoms with Crippen LogP contribution in [0.4, 0.5) is 0 Å². The summed E-state index contributed by atoms with van der Waals surface area (Å²) < 4.78 is 0. The minimum absolute atomic E-state index is 0.650. The topological polar surface area (TPSA) is 64.5 Å². The summed E-state index contributed by atoms with van der Waals surface area (Å²) in [6.45, 7) is 3.11. The smallest absolute Gasteiger partial charge is 0.128 e. The van der Waals surface area contributed by atoms with Gasteiger partial charge in [-0.1, -0.05) is 0 Å². The molecule has 2 atom stereocenters. The molecule has 0 aromatic rings. The van der Waals surface area contributed by atoms with Crippen LogP contribution in [0.2, 0.25) is 0 Å². The average molecular weight is 144 g/mol. The Bertz CT molecular complexity index is 120. The van der Waals surface area contributed by atoms with Gasteiger partial charge >= 0.3 is 0 Å². The summed E-state index contributed by atoms with van der Waals surface area (Å²) in [5.41, 5.74) is 0. The van der Waals surface area contributed by atoms with Gasteiger partial charge in [-0.15, -0.1) is 0 Å². The Morgan fingerprint density at radius 2 is 1.30 bits per heavy atom. The van der Waals surface area contributed by atoms with Crippen molar-refractivity contribution in [1.29, 1.82) is 0 Å². The molecule has 10 heavy (non-hydrogen) atoms. The molecular formula is C6H12N2O2. The van der Waals surface area contributed by atoms with Crippen molar-refractivity contribution in [2.45, 2.75) is 26.3 Å². The normalized spacial score (nSPS) is 14.4. The van der Waals surface area contributed by atoms with Gasteiger partial charge in [0.25, 0.3) is 0 Å². The zero-order valence-electron chi connectivity index (χ0n) is 6.05. The van der Waals surface area contributed by atoms with E-state index in [1.54, 1.807) is 13.8 Å². The van der Waals surface area contributed by atoms with Gasteiger partial charge in [-0.25, -0.2) is 0 Å². The van der Waals surface area contributed by atoms with Crippen molar-refractivity contribution in [2.24, 2.45) is 0 Å². The first kappa shape index (κ1) is 9.08. The molecule has 4 N–H and O–H groups in total. The summed E-state index contributed by atoms with van der Waals surface area (Å²) >= 11 is 0. The first-order valence-electron chi connectivity index (χ1n) is 3.00. The highest BCUT2D eigenvalue weighted by molar-refractivity contribution is 4.94. The Morgan fingerprint density at radius 3 is 1.50 bits per heavy atom. The zero-order valence-corrected chi connectivity index (χ0v) is 6.05. The Labute approximate surface area is 60.3 Å². The van der Waals surface area contributed by atoms with E-state index in [1.165, 1.54) is 0 Å². The highest BCUT2D eigenvalue weighted by Crippen LogP contribution is 1.67. The molecule has 0 fully saturated rings. The van der Waals surface area contributed by atoms with Crippen molar-refractivity contribution >= 4 is 0 Å². The van der Waals surface area contributed by atoms with Crippen LogP contribution in [0.1, 0.15) is 13.8 Å². The van der Waals surface area contributed by atoms with Crippen LogP contribution >= 0.6 is 0 Å². The Kier molecular flexibility index (Phi) is 4.46. The van der Waals surface area contributed by atoms with E-state index < -0.39 is 12.5 Å². The maximum Gasteiger partial charge on any atom is 0.128 e. The number of aliphatic hydroxyl groups excluding tert-OH is 2. The highest BCUT2D eigenvalue weighted by atomic mass is 16.3. The lowest BCUT2D eigenvalue weighted by Crippen LogP contribution is -2.23. The average Bonchev–Trinajstić information content (AvgIpc) is 1.79. The third kappa shape index (κ3) is 7.08. The monoisotopic (exact) mass is 144 g/mol. The quantitative estimate of drug-likeness (QED) is 0.222. The van der Waals surface area contributed by atoms with Gasteiger partial charge in [-0.3, -0.25) is 0 Å². The molecule has 0 saturated carbocycles. The zero-order chi connectivity index (χ0) is 7.98. The van der Waals surface area contributed by atoms with Gasteiger partial charge in [0.05, 0.1) is 0 Å². The fourth-order valence-corrected chi connectivity index (χ4v) is 0.281. The van der Waals surface area contributed by atoms with Crippen LogP contribution in [-0.4, -0.2) is 22.7 Å². The van der Waals surface area contributed by atoms with Crippen molar-refractivity contribution in [3.63, 3.8) is 0 Å². The first-order chi connectivity index (χ1) is 4.63. The standard InChI is InChI=1S/C6H12N2O2/c1-5(9)7-3-4-8-6(2)10/h5-10H,1-2H3. The van der Waals surface area contributed by atoms with E-state index in [9.17, 15) is 0 Å². The molecule has 0 saturated heterocycles. The summed E-state index contributed by atoms with van der Waals surface area (Å²) in [5.74, 6) is 0. The van der Waals surface area contributed by atoms with E-state index in [0.717, 1.165) is 0 Å². The lowest BCUT2D eigenvalue weighted by Gasteiger charge is -2.00. The van der Waals surface area contributed by atoms with Gasteiger partial charge < -0.3 is 20.8 Å². The van der Waals surface area contributed by atoms with Gasteiger partial charge in [0.1, 0.15) is 12.5 Å². The van der Waals surface area contributed by atoms with Crippen LogP contribution in [0.5, 0.6) is 0 Å². The summed E-state index contributed by atoms with van der Waals surface area (Å²) in [4.78, 5) is 0. The van der Waals surface area contributed by atoms with Crippen molar-refractivity contribution in [2.75, 3.05) is 0 Å². The molecule has 0 aromatic carbocycles. The van der Waals surface area contributed by atoms with Gasteiger partial charge in [-0.2, -0.15) is 0 Å². The number of rotatable bonds is 2. The Hall–Kier alpha value is -0.920. The summed E-state index contributed by atoms with van der Waals surface area (Å²) in [6.07, 6.45) is -1.30. The Balaban J connectivity index is 3.32. The van der Waals surface area contributed by atoms with E-state index in [2.05, 4.69) is 22.7 Å². The fraction of sp³-hybridized carbons (Fsp3) is 0.667. The van der Waals surface area contributed by atoms with Gasteiger partial charge in [0.2, 0.25) is 0 Å². The van der Waals surface area contributed by atoms with Crippen molar-refractivity contribution in [1.82, 2.24) is 10.6 Å². The molecular weight excluding hydrogens is 132 g/mol. The maximum atomic E-state index is 8.61. The van der Waals surface area contributed by atoms with Gasteiger partial charge in [0.15, 0.2) is 0 Å². The van der Waals surface area contributed by atoms with Crippen LogP contribution in [0, 0.1) is 12.1 Å². The molecule has 0 spiro atoms. The van der Waals surface area contributed by atoms with Crippen LogP contribution < -0.4 is 10.6 Å². The molecule has 0 rings (SSSR count). The predicted octanol–water partition coefficient (Wildman–Crippen LogP) is -1.24. The van der Waals surface area contributed by atoms with E-state index >= 15 is 0 Å². The second-order valence-corrected chi connectivity index (χ2v) is 1.89. The summed E-state index contributed by atoms with van der Waals surface area (Å²) in [5, 5.41) is 22.1. The third-order valence-corrected chi connectivity index (χ3v) is 0.625. The van der Waals surface area contributed by atoms with Crippen molar-refractivity contribution in [3.05, 3.63) is 0 Å². The molecule has 0 radical (unpaired) electrons. The van der Waals surface area contributed by atoms with Crippen LogP contribution in [0.25, 0.3) is 0 Å². The third-order valence-electron chi connectivity index (χ3n) is 0.625. The molecule has 0 aliphatic heterocycles. The Morgan fingerprint density at radius 1 is 1.00 bits per heavy atom. The molecule has 4 heteroatoms. The van der Waals surface area contributed by atoms with E-state index in [-0.39, 0.29) is 0 Å². The van der Waals surface area contributed by atoms with Crippen LogP contribution in [0.3, 0.4) is 0 Å². The molecule has 0 aromatic heterocycles. The minimum atomic E-state index is -0.650. The van der Waals surface area contributed by atoms with Crippen LogP contribution in [0.15, 0.2) is 0 Å². The number of aliphatic hydroxyl groups is 2. The largest absolute Gasteiger partial charge is 0.374 e. The van der Waals surface area contributed by atoms with E-state index in [4.69, 9.17) is 10.2 Å². The number of hydrogen-bond acceptors (Lipinski definition) is 4. The molecule has 0 bridgehead atoms.